The van der Waals surface area contributed by atoms with E-state index in [4.69, 9.17) is 0 Å². The molecule has 0 unspecified atom stereocenters. The topological polar surface area (TPSA) is 102 Å². The van der Waals surface area contributed by atoms with Crippen LogP contribution in [0.15, 0.2) is 85.3 Å². The third-order valence-corrected chi connectivity index (χ3v) is 5.10. The minimum absolute atomic E-state index is 0.205. The first-order chi connectivity index (χ1) is 17.0. The number of aromatic nitrogens is 4. The normalized spacial score (nSPS) is 10.8. The van der Waals surface area contributed by atoms with E-state index in [1.165, 1.54) is 53.2 Å². The average molecular weight is 470 g/mol. The minimum atomic E-state index is -0.740. The lowest BCUT2D eigenvalue weighted by atomic mass is 10.0. The second-order valence-electron chi connectivity index (χ2n) is 7.49. The summed E-state index contributed by atoms with van der Waals surface area (Å²) in [6.07, 6.45) is 4.88. The van der Waals surface area contributed by atoms with Crippen molar-refractivity contribution in [3.05, 3.63) is 108 Å². The van der Waals surface area contributed by atoms with Gasteiger partial charge in [-0.2, -0.15) is 5.10 Å². The highest BCUT2D eigenvalue weighted by molar-refractivity contribution is 6.11. The summed E-state index contributed by atoms with van der Waals surface area (Å²) < 4.78 is 29.1. The van der Waals surface area contributed by atoms with Crippen molar-refractivity contribution in [3.63, 3.8) is 0 Å². The molecule has 0 bridgehead atoms. The Hall–Kier alpha value is -4.99. The van der Waals surface area contributed by atoms with Gasteiger partial charge in [0.15, 0.2) is 11.6 Å². The molecule has 0 saturated carbocycles. The molecule has 0 fully saturated rings. The number of urea groups is 1. The Bertz CT molecular complexity index is 1550. The highest BCUT2D eigenvalue weighted by Gasteiger charge is 2.17. The van der Waals surface area contributed by atoms with Crippen LogP contribution in [0.25, 0.3) is 16.9 Å². The summed E-state index contributed by atoms with van der Waals surface area (Å²) in [5.41, 5.74) is 1.56. The summed E-state index contributed by atoms with van der Waals surface area (Å²) in [4.78, 5) is 34.2. The molecule has 35 heavy (non-hydrogen) atoms. The van der Waals surface area contributed by atoms with E-state index in [2.05, 4.69) is 25.7 Å². The summed E-state index contributed by atoms with van der Waals surface area (Å²) >= 11 is 0. The summed E-state index contributed by atoms with van der Waals surface area (Å²) in [7, 11) is 0. The number of anilines is 2. The molecule has 172 valence electrons. The molecule has 5 rings (SSSR count). The van der Waals surface area contributed by atoms with Crippen LogP contribution in [-0.4, -0.2) is 31.6 Å². The largest absolute Gasteiger partial charge is 0.323 e. The third-order valence-electron chi connectivity index (χ3n) is 5.10. The van der Waals surface area contributed by atoms with E-state index in [0.29, 0.717) is 22.5 Å². The summed E-state index contributed by atoms with van der Waals surface area (Å²) in [5.74, 6) is -1.29. The van der Waals surface area contributed by atoms with Crippen LogP contribution in [0.1, 0.15) is 15.9 Å². The van der Waals surface area contributed by atoms with E-state index in [9.17, 15) is 18.4 Å². The standard InChI is InChI=1S/C25H16F2N6O2/c26-16-3-5-17(6-4-16)30-25(35)31-18-7-8-20(27)19(13-18)24(34)15-2-9-21-22(12-15)32-23(14-28-21)33-11-1-10-29-33/h1-14H,(H2,30,31,35). The second-order valence-corrected chi connectivity index (χ2v) is 7.49. The zero-order chi connectivity index (χ0) is 24.4. The number of carbonyl (C=O) groups is 2. The quantitative estimate of drug-likeness (QED) is 0.353. The van der Waals surface area contributed by atoms with Crippen molar-refractivity contribution < 1.29 is 18.4 Å². The van der Waals surface area contributed by atoms with Gasteiger partial charge in [-0.1, -0.05) is 0 Å². The number of hydrogen-bond donors (Lipinski definition) is 2. The van der Waals surface area contributed by atoms with Gasteiger partial charge in [0.25, 0.3) is 0 Å². The highest BCUT2D eigenvalue weighted by atomic mass is 19.1. The maximum absolute atomic E-state index is 14.6. The highest BCUT2D eigenvalue weighted by Crippen LogP contribution is 2.21. The van der Waals surface area contributed by atoms with Gasteiger partial charge in [-0.3, -0.25) is 9.78 Å². The van der Waals surface area contributed by atoms with Gasteiger partial charge in [0.05, 0.1) is 22.8 Å². The maximum atomic E-state index is 14.6. The number of amides is 2. The lowest BCUT2D eigenvalue weighted by Gasteiger charge is -2.10. The van der Waals surface area contributed by atoms with Gasteiger partial charge < -0.3 is 10.6 Å². The fourth-order valence-electron chi connectivity index (χ4n) is 3.42. The molecule has 2 aromatic heterocycles. The molecule has 0 aliphatic heterocycles. The van der Waals surface area contributed by atoms with Crippen LogP contribution in [0.2, 0.25) is 0 Å². The number of carbonyl (C=O) groups excluding carboxylic acids is 2. The van der Waals surface area contributed by atoms with Crippen molar-refractivity contribution in [1.82, 2.24) is 19.7 Å². The first kappa shape index (κ1) is 21.8. The van der Waals surface area contributed by atoms with E-state index < -0.39 is 23.4 Å². The van der Waals surface area contributed by atoms with Crippen LogP contribution >= 0.6 is 0 Å². The van der Waals surface area contributed by atoms with E-state index in [1.54, 1.807) is 30.7 Å². The van der Waals surface area contributed by atoms with Gasteiger partial charge in [0, 0.05) is 29.3 Å². The Labute approximate surface area is 197 Å². The fraction of sp³-hybridized carbons (Fsp3) is 0. The Morgan fingerprint density at radius 1 is 0.857 bits per heavy atom. The van der Waals surface area contributed by atoms with Gasteiger partial charge in [0.2, 0.25) is 0 Å². The Balaban J connectivity index is 1.39. The van der Waals surface area contributed by atoms with Crippen LogP contribution in [0.3, 0.4) is 0 Å². The SMILES string of the molecule is O=C(Nc1ccc(F)cc1)Nc1ccc(F)c(C(=O)c2ccc3ncc(-n4cccn4)nc3c2)c1. The first-order valence-electron chi connectivity index (χ1n) is 10.4. The van der Waals surface area contributed by atoms with Crippen LogP contribution in [0.4, 0.5) is 25.0 Å². The number of rotatable bonds is 5. The molecular formula is C25H16F2N6O2. The first-order valence-corrected chi connectivity index (χ1v) is 10.4. The molecule has 0 aliphatic carbocycles. The van der Waals surface area contributed by atoms with Crippen molar-refractivity contribution in [1.29, 1.82) is 0 Å². The molecule has 8 nitrogen and oxygen atoms in total. The number of fused-ring (bicyclic) bond motifs is 1. The molecule has 2 amide bonds. The van der Waals surface area contributed by atoms with Crippen LogP contribution in [0.5, 0.6) is 0 Å². The molecule has 0 spiro atoms. The Kier molecular flexibility index (Phi) is 5.68. The van der Waals surface area contributed by atoms with Crippen LogP contribution in [0, 0.1) is 11.6 Å². The third kappa shape index (κ3) is 4.71. The second kappa shape index (κ2) is 9.10. The number of benzene rings is 3. The zero-order valence-corrected chi connectivity index (χ0v) is 17.9. The van der Waals surface area contributed by atoms with Gasteiger partial charge in [-0.15, -0.1) is 0 Å². The number of nitrogens with zero attached hydrogens (tertiary/aromatic N) is 4. The number of nitrogens with one attached hydrogen (secondary N) is 2. The lowest BCUT2D eigenvalue weighted by Crippen LogP contribution is -2.19. The van der Waals surface area contributed by atoms with Crippen LogP contribution in [-0.2, 0) is 0 Å². The molecule has 0 saturated heterocycles. The number of ketones is 1. The minimum Gasteiger partial charge on any atom is -0.308 e. The van der Waals surface area contributed by atoms with Crippen molar-refractivity contribution in [2.75, 3.05) is 10.6 Å². The zero-order valence-electron chi connectivity index (χ0n) is 17.9. The average Bonchev–Trinajstić information content (AvgIpc) is 3.41. The van der Waals surface area contributed by atoms with E-state index >= 15 is 0 Å². The van der Waals surface area contributed by atoms with Crippen molar-refractivity contribution in [3.8, 4) is 5.82 Å². The molecule has 10 heteroatoms. The van der Waals surface area contributed by atoms with Crippen LogP contribution < -0.4 is 10.6 Å². The number of hydrogen-bond acceptors (Lipinski definition) is 5. The van der Waals surface area contributed by atoms with Crippen molar-refractivity contribution >= 4 is 34.2 Å². The molecule has 0 aliphatic rings. The van der Waals surface area contributed by atoms with Crippen molar-refractivity contribution in [2.45, 2.75) is 0 Å². The van der Waals surface area contributed by atoms with Gasteiger partial charge in [0.1, 0.15) is 11.6 Å². The van der Waals surface area contributed by atoms with E-state index in [1.807, 2.05) is 0 Å². The van der Waals surface area contributed by atoms with Gasteiger partial charge in [-0.25, -0.2) is 23.2 Å². The Morgan fingerprint density at radius 2 is 1.63 bits per heavy atom. The number of halogens is 2. The van der Waals surface area contributed by atoms with Crippen molar-refractivity contribution in [2.24, 2.45) is 0 Å². The predicted molar refractivity (Wildman–Crippen MR) is 126 cm³/mol. The molecule has 2 N–H and O–H groups in total. The molecule has 3 aromatic carbocycles. The molecular weight excluding hydrogens is 454 g/mol. The van der Waals surface area contributed by atoms with Gasteiger partial charge >= 0.3 is 6.03 Å². The van der Waals surface area contributed by atoms with Gasteiger partial charge in [-0.05, 0) is 66.7 Å². The molecule has 2 heterocycles. The summed E-state index contributed by atoms with van der Waals surface area (Å²) in [5, 5.41) is 9.18. The summed E-state index contributed by atoms with van der Waals surface area (Å²) in [6, 6.07) is 14.7. The maximum Gasteiger partial charge on any atom is 0.323 e. The predicted octanol–water partition coefficient (Wildman–Crippen LogP) is 4.97. The Morgan fingerprint density at radius 3 is 2.40 bits per heavy atom. The summed E-state index contributed by atoms with van der Waals surface area (Å²) in [6.45, 7) is 0. The fourth-order valence-corrected chi connectivity index (χ4v) is 3.42. The molecule has 0 radical (unpaired) electrons. The van der Waals surface area contributed by atoms with E-state index in [-0.39, 0.29) is 16.8 Å². The van der Waals surface area contributed by atoms with E-state index in [0.717, 1.165) is 6.07 Å². The lowest BCUT2D eigenvalue weighted by molar-refractivity contribution is 0.103. The molecule has 5 aromatic rings. The smallest absolute Gasteiger partial charge is 0.308 e. The molecule has 0 atom stereocenters. The monoisotopic (exact) mass is 470 g/mol.